The lowest BCUT2D eigenvalue weighted by atomic mass is 10.2. The Morgan fingerprint density at radius 1 is 0.978 bits per heavy atom. The molecule has 0 aliphatic heterocycles. The van der Waals surface area contributed by atoms with E-state index >= 15 is 0 Å². The number of halogens is 5. The molecule has 0 saturated carbocycles. The fraction of sp³-hybridized carbons (Fsp3) is 0.100. The summed E-state index contributed by atoms with van der Waals surface area (Å²) in [6, 6.07) is 15.6. The van der Waals surface area contributed by atoms with Crippen LogP contribution in [0.1, 0.15) is 11.1 Å². The number of nitrogens with zero attached hydrogens (tertiary/aromatic N) is 3. The number of aryl methyl sites for hydroxylation is 2. The Bertz CT molecular complexity index is 1950. The molecule has 0 saturated heterocycles. The summed E-state index contributed by atoms with van der Waals surface area (Å²) in [6.07, 6.45) is -0.153. The molecule has 0 unspecified atom stereocenters. The summed E-state index contributed by atoms with van der Waals surface area (Å²) >= 11 is 5.58. The highest BCUT2D eigenvalue weighted by molar-refractivity contribution is 7.85. The molecule has 2 aromatic heterocycles. The molecule has 16 heteroatoms. The number of amides is 2. The number of carbonyl (C=O) groups excluding carboxylic acids is 1. The van der Waals surface area contributed by atoms with Crippen LogP contribution in [0.25, 0.3) is 11.3 Å². The van der Waals surface area contributed by atoms with Gasteiger partial charge in [-0.05, 0) is 61.5 Å². The Balaban J connectivity index is 0.000000369. The van der Waals surface area contributed by atoms with E-state index < -0.39 is 38.7 Å². The van der Waals surface area contributed by atoms with Gasteiger partial charge >= 0.3 is 12.2 Å². The maximum absolute atomic E-state index is 14.9. The van der Waals surface area contributed by atoms with Gasteiger partial charge in [-0.1, -0.05) is 29.3 Å². The molecule has 10 nitrogen and oxygen atoms in total. The first-order chi connectivity index (χ1) is 21.6. The molecule has 0 radical (unpaired) electrons. The van der Waals surface area contributed by atoms with E-state index in [1.54, 1.807) is 25.4 Å². The van der Waals surface area contributed by atoms with Gasteiger partial charge in [0.05, 0.1) is 21.7 Å². The van der Waals surface area contributed by atoms with Crippen molar-refractivity contribution in [2.75, 3.05) is 10.6 Å². The van der Waals surface area contributed by atoms with E-state index in [4.69, 9.17) is 20.9 Å². The van der Waals surface area contributed by atoms with E-state index in [1.165, 1.54) is 65.6 Å². The first-order valence-corrected chi connectivity index (χ1v) is 14.8. The van der Waals surface area contributed by atoms with E-state index in [2.05, 4.69) is 20.7 Å². The summed E-state index contributed by atoms with van der Waals surface area (Å²) in [5.74, 6) is -0.436. The van der Waals surface area contributed by atoms with Crippen molar-refractivity contribution in [3.8, 4) is 22.8 Å². The van der Waals surface area contributed by atoms with Crippen LogP contribution in [0.15, 0.2) is 96.3 Å². The normalized spacial score (nSPS) is 11.3. The Morgan fingerprint density at radius 2 is 1.61 bits per heavy atom. The van der Waals surface area contributed by atoms with Crippen LogP contribution in [0.4, 0.5) is 33.7 Å². The molecule has 2 amide bonds. The number of carbonyl (C=O) groups is 1. The van der Waals surface area contributed by atoms with Gasteiger partial charge in [0.25, 0.3) is 10.1 Å². The highest BCUT2D eigenvalue weighted by atomic mass is 35.5. The summed E-state index contributed by atoms with van der Waals surface area (Å²) in [5.41, 5.74) is 0.708. The first-order valence-electron chi connectivity index (χ1n) is 13.0. The van der Waals surface area contributed by atoms with Crippen LogP contribution in [-0.4, -0.2) is 33.8 Å². The molecule has 0 bridgehead atoms. The van der Waals surface area contributed by atoms with E-state index in [1.807, 2.05) is 6.92 Å². The standard InChI is InChI=1S/C23H16ClF4N5O2.C7H8O3S/c1-33-12-13(11-30-33)21-20(25)19(8-9-29-21)35-16-5-2-14(3-6-16)31-22(34)32-15-4-7-18(24)17(10-15)23(26,27)28;1-6-2-4-7(5-3-6)11(8,9)10/h2-12H,1H3,(H2,31,32,34);2-5H,1H3,(H,8,9,10). The van der Waals surface area contributed by atoms with Crippen LogP contribution < -0.4 is 15.4 Å². The Morgan fingerprint density at radius 3 is 2.20 bits per heavy atom. The zero-order valence-corrected chi connectivity index (χ0v) is 25.5. The molecule has 2 heterocycles. The van der Waals surface area contributed by atoms with E-state index in [-0.39, 0.29) is 27.8 Å². The summed E-state index contributed by atoms with van der Waals surface area (Å²) in [7, 11) is -2.32. The highest BCUT2D eigenvalue weighted by Crippen LogP contribution is 2.36. The maximum atomic E-state index is 14.9. The minimum atomic E-state index is -4.66. The molecule has 5 aromatic rings. The Hall–Kier alpha value is -4.99. The molecule has 0 aliphatic carbocycles. The number of pyridine rings is 1. The fourth-order valence-electron chi connectivity index (χ4n) is 3.81. The number of ether oxygens (including phenoxy) is 1. The van der Waals surface area contributed by atoms with Gasteiger partial charge in [0.2, 0.25) is 0 Å². The number of rotatable bonds is 6. The van der Waals surface area contributed by atoms with Crippen molar-refractivity contribution in [1.29, 1.82) is 0 Å². The topological polar surface area (TPSA) is 135 Å². The quantitative estimate of drug-likeness (QED) is 0.123. The van der Waals surface area contributed by atoms with Crippen LogP contribution in [-0.2, 0) is 23.3 Å². The molecule has 46 heavy (non-hydrogen) atoms. The van der Waals surface area contributed by atoms with Crippen LogP contribution in [0.3, 0.4) is 0 Å². The summed E-state index contributed by atoms with van der Waals surface area (Å²) in [5, 5.41) is 8.32. The third-order valence-electron chi connectivity index (χ3n) is 6.02. The predicted octanol–water partition coefficient (Wildman–Crippen LogP) is 7.97. The number of hydrogen-bond donors (Lipinski definition) is 3. The third-order valence-corrected chi connectivity index (χ3v) is 7.22. The van der Waals surface area contributed by atoms with Crippen LogP contribution >= 0.6 is 11.6 Å². The minimum Gasteiger partial charge on any atom is -0.454 e. The molecule has 5 rings (SSSR count). The van der Waals surface area contributed by atoms with Crippen molar-refractivity contribution in [3.63, 3.8) is 0 Å². The number of hydrogen-bond acceptors (Lipinski definition) is 6. The number of benzene rings is 3. The average molecular weight is 678 g/mol. The SMILES string of the molecule is Cc1ccc(S(=O)(=O)O)cc1.Cn1cc(-c2nccc(Oc3ccc(NC(=O)Nc4ccc(Cl)c(C(F)(F)F)c4)cc3)c2F)cn1. The molecule has 0 aliphatic rings. The zero-order chi connectivity index (χ0) is 33.6. The molecular weight excluding hydrogens is 654 g/mol. The summed E-state index contributed by atoms with van der Waals surface area (Å²) < 4.78 is 90.5. The van der Waals surface area contributed by atoms with Crippen molar-refractivity contribution in [2.45, 2.75) is 18.0 Å². The second-order valence-corrected chi connectivity index (χ2v) is 11.4. The van der Waals surface area contributed by atoms with E-state index in [0.717, 1.165) is 17.7 Å². The molecule has 0 fully saturated rings. The number of nitrogens with one attached hydrogen (secondary N) is 2. The highest BCUT2D eigenvalue weighted by Gasteiger charge is 2.33. The van der Waals surface area contributed by atoms with Gasteiger partial charge in [-0.3, -0.25) is 14.2 Å². The van der Waals surface area contributed by atoms with Gasteiger partial charge < -0.3 is 15.4 Å². The van der Waals surface area contributed by atoms with Gasteiger partial charge in [0, 0.05) is 42.4 Å². The van der Waals surface area contributed by atoms with E-state index in [0.29, 0.717) is 11.3 Å². The Kier molecular flexibility index (Phi) is 10.3. The second-order valence-electron chi connectivity index (χ2n) is 9.56. The minimum absolute atomic E-state index is 0.0551. The van der Waals surface area contributed by atoms with Gasteiger partial charge in [0.15, 0.2) is 11.6 Å². The first kappa shape index (κ1) is 33.9. The average Bonchev–Trinajstić information content (AvgIpc) is 3.41. The Labute approximate surface area is 265 Å². The van der Waals surface area contributed by atoms with Crippen molar-refractivity contribution in [3.05, 3.63) is 113 Å². The summed E-state index contributed by atoms with van der Waals surface area (Å²) in [6.45, 7) is 1.84. The molecule has 3 aromatic carbocycles. The lowest BCUT2D eigenvalue weighted by molar-refractivity contribution is -0.137. The molecule has 0 spiro atoms. The van der Waals surface area contributed by atoms with Gasteiger partial charge in [0.1, 0.15) is 11.4 Å². The van der Waals surface area contributed by atoms with E-state index in [9.17, 15) is 30.8 Å². The molecule has 0 atom stereocenters. The van der Waals surface area contributed by atoms with Crippen LogP contribution in [0, 0.1) is 12.7 Å². The molecule has 240 valence electrons. The van der Waals surface area contributed by atoms with Crippen molar-refractivity contribution >= 4 is 39.1 Å². The van der Waals surface area contributed by atoms with Gasteiger partial charge in [-0.25, -0.2) is 9.18 Å². The lowest BCUT2D eigenvalue weighted by Gasteiger charge is -2.13. The fourth-order valence-corrected chi connectivity index (χ4v) is 4.51. The third kappa shape index (κ3) is 9.03. The number of anilines is 2. The van der Waals surface area contributed by atoms with Crippen molar-refractivity contribution in [2.24, 2.45) is 7.05 Å². The van der Waals surface area contributed by atoms with Gasteiger partial charge in [-0.15, -0.1) is 0 Å². The monoisotopic (exact) mass is 677 g/mol. The lowest BCUT2D eigenvalue weighted by Crippen LogP contribution is -2.19. The van der Waals surface area contributed by atoms with Gasteiger partial charge in [-0.2, -0.15) is 26.7 Å². The molecular formula is C30H24ClF4N5O5S. The number of urea groups is 1. The van der Waals surface area contributed by atoms with Crippen molar-refractivity contribution < 1.29 is 40.1 Å². The molecule has 3 N–H and O–H groups in total. The maximum Gasteiger partial charge on any atom is 0.417 e. The van der Waals surface area contributed by atoms with Crippen molar-refractivity contribution in [1.82, 2.24) is 14.8 Å². The summed E-state index contributed by atoms with van der Waals surface area (Å²) in [4.78, 5) is 16.2. The predicted molar refractivity (Wildman–Crippen MR) is 163 cm³/mol. The number of aromatic nitrogens is 3. The van der Waals surface area contributed by atoms with Crippen LogP contribution in [0.2, 0.25) is 5.02 Å². The largest absolute Gasteiger partial charge is 0.454 e. The number of alkyl halides is 3. The smallest absolute Gasteiger partial charge is 0.417 e. The second kappa shape index (κ2) is 14.0. The zero-order valence-electron chi connectivity index (χ0n) is 23.9. The van der Waals surface area contributed by atoms with Crippen LogP contribution in [0.5, 0.6) is 11.5 Å².